The van der Waals surface area contributed by atoms with E-state index in [0.717, 1.165) is 42.6 Å². The Hall–Kier alpha value is -3.97. The molecule has 0 atom stereocenters. The predicted octanol–water partition coefficient (Wildman–Crippen LogP) is 4.35. The van der Waals surface area contributed by atoms with Gasteiger partial charge in [-0.3, -0.25) is 0 Å². The van der Waals surface area contributed by atoms with Gasteiger partial charge in [-0.25, -0.2) is 9.48 Å². The lowest BCUT2D eigenvalue weighted by Crippen LogP contribution is -2.26. The molecule has 3 aromatic carbocycles. The van der Waals surface area contributed by atoms with Crippen LogP contribution in [0.2, 0.25) is 0 Å². The van der Waals surface area contributed by atoms with Crippen molar-refractivity contribution in [3.8, 4) is 28.1 Å². The molecule has 7 nitrogen and oxygen atoms in total. The first-order valence-electron chi connectivity index (χ1n) is 11.0. The maximum atomic E-state index is 11.8. The van der Waals surface area contributed by atoms with Crippen LogP contribution in [-0.4, -0.2) is 39.2 Å². The summed E-state index contributed by atoms with van der Waals surface area (Å²) in [6.45, 7) is 2.10. The van der Waals surface area contributed by atoms with E-state index in [0.29, 0.717) is 23.0 Å². The number of hydrogen-bond acceptors (Lipinski definition) is 5. The van der Waals surface area contributed by atoms with Crippen LogP contribution in [0.5, 0.6) is 0 Å². The molecule has 2 heterocycles. The van der Waals surface area contributed by atoms with Gasteiger partial charge in [-0.15, -0.1) is 5.10 Å². The van der Waals surface area contributed by atoms with Crippen molar-refractivity contribution in [3.05, 3.63) is 84.1 Å². The zero-order valence-electron chi connectivity index (χ0n) is 18.1. The van der Waals surface area contributed by atoms with Gasteiger partial charge < -0.3 is 16.2 Å². The number of nitrogens with zero attached hydrogens (tertiary/aromatic N) is 3. The number of nitrogens with one attached hydrogen (secondary N) is 1. The van der Waals surface area contributed by atoms with Crippen LogP contribution in [0.1, 0.15) is 34.7 Å². The molecule has 4 N–H and O–H groups in total. The topological polar surface area (TPSA) is 106 Å². The van der Waals surface area contributed by atoms with E-state index in [-0.39, 0.29) is 5.56 Å². The van der Waals surface area contributed by atoms with Crippen LogP contribution in [0, 0.1) is 0 Å². The van der Waals surface area contributed by atoms with Gasteiger partial charge in [0, 0.05) is 11.3 Å². The Kier molecular flexibility index (Phi) is 5.62. The molecule has 1 aromatic heterocycles. The number of rotatable bonds is 5. The fraction of sp³-hybridized carbons (Fsp3) is 0.192. The van der Waals surface area contributed by atoms with Crippen LogP contribution in [0.15, 0.2) is 72.9 Å². The lowest BCUT2D eigenvalue weighted by atomic mass is 9.89. The minimum absolute atomic E-state index is 0.203. The third-order valence-corrected chi connectivity index (χ3v) is 6.18. The summed E-state index contributed by atoms with van der Waals surface area (Å²) >= 11 is 0. The normalized spacial score (nSPS) is 14.3. The molecule has 0 unspecified atom stereocenters. The molecule has 1 saturated heterocycles. The van der Waals surface area contributed by atoms with E-state index in [1.165, 1.54) is 5.56 Å². The second kappa shape index (κ2) is 8.88. The monoisotopic (exact) mass is 439 g/mol. The average Bonchev–Trinajstić information content (AvgIpc) is 3.35. The van der Waals surface area contributed by atoms with Crippen molar-refractivity contribution in [1.29, 1.82) is 0 Å². The van der Waals surface area contributed by atoms with Crippen molar-refractivity contribution < 1.29 is 9.90 Å². The Bertz CT molecular complexity index is 1270. The fourth-order valence-corrected chi connectivity index (χ4v) is 4.31. The molecule has 0 amide bonds. The minimum Gasteiger partial charge on any atom is -0.478 e. The summed E-state index contributed by atoms with van der Waals surface area (Å²) in [5.41, 5.74) is 12.0. The first-order valence-corrected chi connectivity index (χ1v) is 11.0. The van der Waals surface area contributed by atoms with Crippen LogP contribution in [-0.2, 0) is 0 Å². The van der Waals surface area contributed by atoms with Gasteiger partial charge in [0.25, 0.3) is 0 Å². The minimum atomic E-state index is -0.983. The molecule has 1 aliphatic heterocycles. The number of carboxylic acids is 1. The second-order valence-electron chi connectivity index (χ2n) is 8.39. The molecule has 0 spiro atoms. The van der Waals surface area contributed by atoms with Gasteiger partial charge in [-0.1, -0.05) is 41.6 Å². The standard InChI is InChI=1S/C26H25N5O2/c27-23-7-5-20(6-8-23)25-16-31(30-29-25)24-14-21(13-22(15-24)26(32)33)18-3-1-17(2-4-18)19-9-11-28-12-10-19/h1-8,13-16,19,28H,9-12,27H2,(H,32,33). The van der Waals surface area contributed by atoms with E-state index in [4.69, 9.17) is 5.73 Å². The number of carbonyl (C=O) groups is 1. The number of aromatic carboxylic acids is 1. The summed E-state index contributed by atoms with van der Waals surface area (Å²) in [5, 5.41) is 21.6. The zero-order valence-corrected chi connectivity index (χ0v) is 18.1. The SMILES string of the molecule is Nc1ccc(-c2cn(-c3cc(C(=O)O)cc(-c4ccc(C5CCNCC5)cc4)c3)nn2)cc1. The van der Waals surface area contributed by atoms with E-state index in [2.05, 4.69) is 39.9 Å². The Morgan fingerprint density at radius 3 is 2.33 bits per heavy atom. The Morgan fingerprint density at radius 2 is 1.64 bits per heavy atom. The van der Waals surface area contributed by atoms with E-state index in [1.807, 2.05) is 30.3 Å². The van der Waals surface area contributed by atoms with Crippen LogP contribution in [0.25, 0.3) is 28.1 Å². The zero-order chi connectivity index (χ0) is 22.8. The molecule has 7 heteroatoms. The summed E-state index contributed by atoms with van der Waals surface area (Å²) in [6.07, 6.45) is 4.07. The van der Waals surface area contributed by atoms with Gasteiger partial charge >= 0.3 is 5.97 Å². The van der Waals surface area contributed by atoms with Gasteiger partial charge in [-0.2, -0.15) is 0 Å². The number of nitrogen functional groups attached to an aromatic ring is 1. The van der Waals surface area contributed by atoms with Crippen molar-refractivity contribution in [2.75, 3.05) is 18.8 Å². The number of hydrogen-bond donors (Lipinski definition) is 3. The third kappa shape index (κ3) is 4.49. The molecule has 0 aliphatic carbocycles. The smallest absolute Gasteiger partial charge is 0.335 e. The quantitative estimate of drug-likeness (QED) is 0.399. The van der Waals surface area contributed by atoms with Crippen molar-refractivity contribution in [1.82, 2.24) is 20.3 Å². The number of aromatic nitrogens is 3. The molecule has 0 radical (unpaired) electrons. The van der Waals surface area contributed by atoms with Crippen LogP contribution >= 0.6 is 0 Å². The number of piperidine rings is 1. The average molecular weight is 440 g/mol. The van der Waals surface area contributed by atoms with Crippen LogP contribution in [0.4, 0.5) is 5.69 Å². The molecular weight excluding hydrogens is 414 g/mol. The largest absolute Gasteiger partial charge is 0.478 e. The first-order chi connectivity index (χ1) is 16.1. The second-order valence-corrected chi connectivity index (χ2v) is 8.39. The molecule has 0 saturated carbocycles. The van der Waals surface area contributed by atoms with E-state index >= 15 is 0 Å². The maximum absolute atomic E-state index is 11.8. The van der Waals surface area contributed by atoms with Crippen molar-refractivity contribution in [2.24, 2.45) is 0 Å². The maximum Gasteiger partial charge on any atom is 0.335 e. The van der Waals surface area contributed by atoms with E-state index < -0.39 is 5.97 Å². The van der Waals surface area contributed by atoms with Crippen molar-refractivity contribution in [3.63, 3.8) is 0 Å². The molecule has 1 fully saturated rings. The number of nitrogens with two attached hydrogens (primary N) is 1. The summed E-state index contributed by atoms with van der Waals surface area (Å²) in [4.78, 5) is 11.8. The van der Waals surface area contributed by atoms with Crippen molar-refractivity contribution >= 4 is 11.7 Å². The van der Waals surface area contributed by atoms with Gasteiger partial charge in [0.15, 0.2) is 0 Å². The van der Waals surface area contributed by atoms with Crippen molar-refractivity contribution in [2.45, 2.75) is 18.8 Å². The Balaban J connectivity index is 1.48. The molecule has 0 bridgehead atoms. The predicted molar refractivity (Wildman–Crippen MR) is 128 cm³/mol. The highest BCUT2D eigenvalue weighted by Gasteiger charge is 2.16. The number of anilines is 1. The van der Waals surface area contributed by atoms with Gasteiger partial charge in [-0.05, 0) is 78.9 Å². The number of benzene rings is 3. The van der Waals surface area contributed by atoms with E-state index in [9.17, 15) is 9.90 Å². The molecule has 5 rings (SSSR count). The molecule has 1 aliphatic rings. The molecule has 4 aromatic rings. The molecule has 33 heavy (non-hydrogen) atoms. The highest BCUT2D eigenvalue weighted by atomic mass is 16.4. The first kappa shape index (κ1) is 20.9. The molecule has 166 valence electrons. The van der Waals surface area contributed by atoms with Crippen LogP contribution in [0.3, 0.4) is 0 Å². The van der Waals surface area contributed by atoms with Gasteiger partial charge in [0.1, 0.15) is 5.69 Å². The van der Waals surface area contributed by atoms with Gasteiger partial charge in [0.05, 0.1) is 17.4 Å². The molecular formula is C26H25N5O2. The van der Waals surface area contributed by atoms with Gasteiger partial charge in [0.2, 0.25) is 0 Å². The lowest BCUT2D eigenvalue weighted by Gasteiger charge is -2.23. The lowest BCUT2D eigenvalue weighted by molar-refractivity contribution is 0.0697. The third-order valence-electron chi connectivity index (χ3n) is 6.18. The summed E-state index contributed by atoms with van der Waals surface area (Å²) in [7, 11) is 0. The highest BCUT2D eigenvalue weighted by Crippen LogP contribution is 2.30. The summed E-state index contributed by atoms with van der Waals surface area (Å²) < 4.78 is 1.60. The highest BCUT2D eigenvalue weighted by molar-refractivity contribution is 5.90. The summed E-state index contributed by atoms with van der Waals surface area (Å²) in [6, 6.07) is 21.1. The Morgan fingerprint density at radius 1 is 0.939 bits per heavy atom. The Labute approximate surface area is 191 Å². The fourth-order valence-electron chi connectivity index (χ4n) is 4.31. The summed E-state index contributed by atoms with van der Waals surface area (Å²) in [5.74, 6) is -0.411. The number of carboxylic acid groups (broad SMARTS) is 1. The van der Waals surface area contributed by atoms with Crippen LogP contribution < -0.4 is 11.1 Å². The van der Waals surface area contributed by atoms with E-state index in [1.54, 1.807) is 23.0 Å².